The number of aromatic nitrogens is 6. The summed E-state index contributed by atoms with van der Waals surface area (Å²) >= 11 is 0. The third-order valence-electron chi connectivity index (χ3n) is 7.98. The van der Waals surface area contributed by atoms with Crippen molar-refractivity contribution in [2.24, 2.45) is 35.5 Å². The molecule has 2 aromatic carbocycles. The van der Waals surface area contributed by atoms with Crippen LogP contribution in [-0.4, -0.2) is 64.7 Å². The van der Waals surface area contributed by atoms with Crippen molar-refractivity contribution >= 4 is 39.8 Å². The molecule has 47 heavy (non-hydrogen) atoms. The van der Waals surface area contributed by atoms with Crippen LogP contribution in [0.2, 0.25) is 0 Å². The third-order valence-corrected chi connectivity index (χ3v) is 7.98. The van der Waals surface area contributed by atoms with Gasteiger partial charge >= 0.3 is 11.8 Å². The Kier molecular flexibility index (Phi) is 8.20. The van der Waals surface area contributed by atoms with Gasteiger partial charge in [-0.15, -0.1) is 0 Å². The van der Waals surface area contributed by atoms with Crippen molar-refractivity contribution in [1.29, 1.82) is 0 Å². The molecule has 5 rings (SSSR count). The molecule has 0 bridgehead atoms. The highest BCUT2D eigenvalue weighted by molar-refractivity contribution is 5.97. The summed E-state index contributed by atoms with van der Waals surface area (Å²) in [6, 6.07) is 9.31. The molecule has 3 heterocycles. The van der Waals surface area contributed by atoms with Gasteiger partial charge in [0.1, 0.15) is 5.69 Å². The van der Waals surface area contributed by atoms with Gasteiger partial charge in [-0.1, -0.05) is 0 Å². The molecule has 3 aromatic heterocycles. The second-order valence-corrected chi connectivity index (χ2v) is 11.1. The number of amides is 3. The van der Waals surface area contributed by atoms with E-state index in [4.69, 9.17) is 11.5 Å². The van der Waals surface area contributed by atoms with Crippen molar-refractivity contribution in [2.45, 2.75) is 45.3 Å². The number of primary amides is 2. The lowest BCUT2D eigenvalue weighted by atomic mass is 10.1. The van der Waals surface area contributed by atoms with Crippen LogP contribution < -0.4 is 22.7 Å². The number of nitrogens with zero attached hydrogens (tertiary/aromatic N) is 8. The van der Waals surface area contributed by atoms with Gasteiger partial charge in [0.2, 0.25) is 23.1 Å². The normalized spacial score (nSPS) is 13.3. The lowest BCUT2D eigenvalue weighted by Gasteiger charge is -2.27. The molecule has 0 saturated carbocycles. The fourth-order valence-corrected chi connectivity index (χ4v) is 5.59. The summed E-state index contributed by atoms with van der Waals surface area (Å²) < 4.78 is 69.5. The molecule has 248 valence electrons. The molecule has 17 heteroatoms. The number of nitrogens with two attached hydrogens (primary N) is 2. The third kappa shape index (κ3) is 5.61. The van der Waals surface area contributed by atoms with Crippen molar-refractivity contribution in [3.05, 3.63) is 76.2 Å². The van der Waals surface area contributed by atoms with E-state index in [2.05, 4.69) is 15.1 Å². The van der Waals surface area contributed by atoms with Crippen LogP contribution in [-0.2, 0) is 33.7 Å². The maximum absolute atomic E-state index is 16.0. The van der Waals surface area contributed by atoms with E-state index in [1.165, 1.54) is 77.4 Å². The van der Waals surface area contributed by atoms with E-state index in [-0.39, 0.29) is 50.1 Å². The zero-order chi connectivity index (χ0) is 34.6. The molecule has 0 atom stereocenters. The molecule has 3 amide bonds. The second kappa shape index (κ2) is 11.7. The molecule has 0 aliphatic heterocycles. The number of fused-ring (bicyclic) bond motifs is 2. The molecule has 0 aliphatic carbocycles. The number of aryl methyl sites for hydroxylation is 4. The number of hydrogen-bond acceptors (Lipinski definition) is 5. The van der Waals surface area contributed by atoms with E-state index in [1.807, 2.05) is 0 Å². The highest BCUT2D eigenvalue weighted by Crippen LogP contribution is 2.38. The van der Waals surface area contributed by atoms with Crippen LogP contribution in [0.3, 0.4) is 0 Å². The molecule has 0 radical (unpaired) electrons. The van der Waals surface area contributed by atoms with Crippen LogP contribution >= 0.6 is 0 Å². The quantitative estimate of drug-likeness (QED) is 0.233. The smallest absolute Gasteiger partial charge is 0.329 e. The highest BCUT2D eigenvalue weighted by Gasteiger charge is 2.57. The standard InChI is InChI=1S/C30H32F4N10O3/c1-6-44-23(11-16(2)39-44)26(47)38-28-41(5)22-13-18(25(36)46)8-10-20(22)43(28)15-30(33,34)29(31,32)14-42-19-9-7-17(24(35)45)12-21(19)40(4)27(42)37-3/h7-13H,6,14-15H2,1-5H3,(H2,35,45)(H2,36,46)/b37-27+,38-28+. The first kappa shape index (κ1) is 32.9. The van der Waals surface area contributed by atoms with Crippen molar-refractivity contribution in [3.63, 3.8) is 0 Å². The Balaban J connectivity index is 1.65. The molecule has 13 nitrogen and oxygen atoms in total. The van der Waals surface area contributed by atoms with Gasteiger partial charge in [-0.2, -0.15) is 27.7 Å². The second-order valence-electron chi connectivity index (χ2n) is 11.1. The number of benzene rings is 2. The number of alkyl halides is 4. The zero-order valence-corrected chi connectivity index (χ0v) is 26.1. The first-order chi connectivity index (χ1) is 22.0. The van der Waals surface area contributed by atoms with Crippen LogP contribution in [0.5, 0.6) is 0 Å². The SMILES string of the molecule is CCn1nc(C)cc1C(=O)/N=c1\n(C)c2cc(C(N)=O)ccc2n1CC(F)(F)C(F)(F)Cn1/c(=N/C)n(C)c2cc(C(N)=O)ccc21. The molecule has 0 spiro atoms. The Bertz CT molecular complexity index is 2230. The molecule has 0 saturated heterocycles. The Labute approximate surface area is 264 Å². The van der Waals surface area contributed by atoms with Gasteiger partial charge in [0.25, 0.3) is 5.91 Å². The summed E-state index contributed by atoms with van der Waals surface area (Å²) in [5, 5.41) is 4.21. The maximum Gasteiger partial charge on any atom is 0.329 e. The van der Waals surface area contributed by atoms with Crippen molar-refractivity contribution < 1.29 is 31.9 Å². The van der Waals surface area contributed by atoms with Crippen molar-refractivity contribution in [1.82, 2.24) is 28.0 Å². The summed E-state index contributed by atoms with van der Waals surface area (Å²) in [5.41, 5.74) is 11.6. The Morgan fingerprint density at radius 1 is 0.787 bits per heavy atom. The lowest BCUT2D eigenvalue weighted by Crippen LogP contribution is -2.49. The molecule has 0 unspecified atom stereocenters. The van der Waals surface area contributed by atoms with Gasteiger partial charge in [-0.25, -0.2) is 0 Å². The fraction of sp³-hybridized carbons (Fsp3) is 0.333. The summed E-state index contributed by atoms with van der Waals surface area (Å²) in [7, 11) is 4.21. The Morgan fingerprint density at radius 2 is 1.26 bits per heavy atom. The summed E-state index contributed by atoms with van der Waals surface area (Å²) in [5.74, 6) is -11.8. The van der Waals surface area contributed by atoms with Crippen LogP contribution in [0.25, 0.3) is 22.1 Å². The van der Waals surface area contributed by atoms with Gasteiger partial charge in [-0.3, -0.25) is 24.1 Å². The first-order valence-electron chi connectivity index (χ1n) is 14.3. The largest absolute Gasteiger partial charge is 0.366 e. The van der Waals surface area contributed by atoms with E-state index in [1.54, 1.807) is 13.8 Å². The summed E-state index contributed by atoms with van der Waals surface area (Å²) in [6.45, 7) is 0.637. The predicted octanol–water partition coefficient (Wildman–Crippen LogP) is 2.24. The molecular formula is C30H32F4N10O3. The van der Waals surface area contributed by atoms with Crippen LogP contribution in [0.15, 0.2) is 52.4 Å². The minimum absolute atomic E-state index is 0.000692. The lowest BCUT2D eigenvalue weighted by molar-refractivity contribution is -0.221. The monoisotopic (exact) mass is 656 g/mol. The van der Waals surface area contributed by atoms with Crippen LogP contribution in [0, 0.1) is 6.92 Å². The Hall–Kier alpha value is -5.48. The number of hydrogen-bond donors (Lipinski definition) is 2. The van der Waals surface area contributed by atoms with Gasteiger partial charge in [0.15, 0.2) is 0 Å². The molecular weight excluding hydrogens is 624 g/mol. The fourth-order valence-electron chi connectivity index (χ4n) is 5.59. The first-order valence-corrected chi connectivity index (χ1v) is 14.3. The Morgan fingerprint density at radius 3 is 1.70 bits per heavy atom. The van der Waals surface area contributed by atoms with E-state index in [9.17, 15) is 14.4 Å². The average molecular weight is 657 g/mol. The van der Waals surface area contributed by atoms with Crippen molar-refractivity contribution in [2.75, 3.05) is 7.05 Å². The zero-order valence-electron chi connectivity index (χ0n) is 26.1. The summed E-state index contributed by atoms with van der Waals surface area (Å²) in [4.78, 5) is 45.0. The minimum atomic E-state index is -4.73. The number of rotatable bonds is 9. The number of imidazole rings is 2. The van der Waals surface area contributed by atoms with Crippen LogP contribution in [0.1, 0.15) is 43.8 Å². The average Bonchev–Trinajstić information content (AvgIpc) is 3.61. The molecule has 5 aromatic rings. The van der Waals surface area contributed by atoms with Gasteiger partial charge in [0, 0.05) is 38.8 Å². The number of carbonyl (C=O) groups excluding carboxylic acids is 3. The molecule has 4 N–H and O–H groups in total. The maximum atomic E-state index is 16.0. The van der Waals surface area contributed by atoms with Gasteiger partial charge in [0.05, 0.1) is 40.9 Å². The number of carbonyl (C=O) groups is 3. The number of halogens is 4. The van der Waals surface area contributed by atoms with Gasteiger partial charge in [-0.05, 0) is 56.3 Å². The van der Waals surface area contributed by atoms with E-state index in [0.717, 1.165) is 9.13 Å². The van der Waals surface area contributed by atoms with E-state index < -0.39 is 42.7 Å². The van der Waals surface area contributed by atoms with Gasteiger partial charge < -0.3 is 29.7 Å². The topological polar surface area (TPSA) is 166 Å². The van der Waals surface area contributed by atoms with Crippen LogP contribution in [0.4, 0.5) is 17.6 Å². The van der Waals surface area contributed by atoms with E-state index >= 15 is 17.6 Å². The molecule has 0 aliphatic rings. The summed E-state index contributed by atoms with van der Waals surface area (Å²) in [6.07, 6.45) is 0. The van der Waals surface area contributed by atoms with Crippen molar-refractivity contribution in [3.8, 4) is 0 Å². The highest BCUT2D eigenvalue weighted by atomic mass is 19.3. The van der Waals surface area contributed by atoms with E-state index in [0.29, 0.717) is 12.2 Å². The molecule has 0 fully saturated rings. The minimum Gasteiger partial charge on any atom is -0.366 e. The predicted molar refractivity (Wildman–Crippen MR) is 163 cm³/mol.